The molecule has 90 heavy (non-hydrogen) atoms. The fourth-order valence-corrected chi connectivity index (χ4v) is 11.9. The second kappa shape index (κ2) is 32.3. The molecule has 12 heteroatoms. The third-order valence-corrected chi connectivity index (χ3v) is 16.4. The van der Waals surface area contributed by atoms with Crippen LogP contribution >= 0.6 is 0 Å². The first-order valence-electron chi connectivity index (χ1n) is 32.0. The Hall–Kier alpha value is -8.55. The van der Waals surface area contributed by atoms with Gasteiger partial charge in [-0.3, -0.25) is 19.3 Å². The van der Waals surface area contributed by atoms with Crippen LogP contribution in [0.5, 0.6) is 34.5 Å². The van der Waals surface area contributed by atoms with Crippen LogP contribution in [0.15, 0.2) is 158 Å². The Labute approximate surface area is 532 Å². The van der Waals surface area contributed by atoms with Gasteiger partial charge in [0.2, 0.25) is 0 Å². The molecule has 0 aliphatic rings. The van der Waals surface area contributed by atoms with Crippen molar-refractivity contribution in [1.29, 1.82) is 0 Å². The van der Waals surface area contributed by atoms with Gasteiger partial charge in [0, 0.05) is 66.7 Å². The number of rotatable bonds is 35. The van der Waals surface area contributed by atoms with Gasteiger partial charge in [-0.15, -0.1) is 0 Å². The Kier molecular flexibility index (Phi) is 23.6. The van der Waals surface area contributed by atoms with Crippen LogP contribution in [0.3, 0.4) is 0 Å². The van der Waals surface area contributed by atoms with Gasteiger partial charge in [-0.2, -0.15) is 0 Å². The summed E-state index contributed by atoms with van der Waals surface area (Å²) in [6.45, 7) is 21.1. The maximum Gasteiger partial charge on any atom is 0.167 e. The second-order valence-electron chi connectivity index (χ2n) is 23.7. The minimum atomic E-state index is -0.0776. The van der Waals surface area contributed by atoms with Crippen LogP contribution in [-0.4, -0.2) is 132 Å². The van der Waals surface area contributed by atoms with Crippen molar-refractivity contribution in [3.63, 3.8) is 0 Å². The van der Waals surface area contributed by atoms with Gasteiger partial charge in [-0.25, -0.2) is 0 Å². The Morgan fingerprint density at radius 1 is 0.356 bits per heavy atom. The van der Waals surface area contributed by atoms with E-state index >= 15 is 0 Å². The van der Waals surface area contributed by atoms with E-state index in [4.69, 9.17) is 28.4 Å². The van der Waals surface area contributed by atoms with Crippen LogP contribution in [-0.2, 0) is 33.6 Å². The fourth-order valence-electron chi connectivity index (χ4n) is 11.9. The summed E-state index contributed by atoms with van der Waals surface area (Å²) in [6, 6.07) is 54.5. The first-order valence-corrected chi connectivity index (χ1v) is 32.0. The predicted octanol–water partition coefficient (Wildman–Crippen LogP) is 15.3. The zero-order valence-electron chi connectivity index (χ0n) is 54.3. The Morgan fingerprint density at radius 2 is 0.778 bits per heavy atom. The number of carbonyl (C=O) groups is 3. The molecule has 0 aliphatic carbocycles. The highest BCUT2D eigenvalue weighted by Gasteiger charge is 2.22. The van der Waals surface area contributed by atoms with Crippen LogP contribution in [0.1, 0.15) is 94.7 Å². The van der Waals surface area contributed by atoms with Crippen molar-refractivity contribution in [2.75, 3.05) is 99.5 Å². The van der Waals surface area contributed by atoms with Crippen LogP contribution in [0.2, 0.25) is 0 Å². The molecule has 0 heterocycles. The lowest BCUT2D eigenvalue weighted by Crippen LogP contribution is -2.30. The number of nitrogens with zero attached hydrogens (tertiary/aromatic N) is 3. The summed E-state index contributed by atoms with van der Waals surface area (Å²) in [5.41, 5.74) is 9.94. The standard InChI is InChI=1S/C78H89N3O9/c1-10-38-81(39-11-2)42-45-87-75-33-26-58(47-69-62-19-15-14-18-60(62)28-35-76(69)88-51-54(5)82)48-71(75)65-22-17-23-66-68(65)32-37-78(90-53-56(7)84)73(66)50-59-27-34-74(86-44-41-80(12-3)13-4)72(49-59)64-21-16-20-63-67(64)31-36-77(89-52-55(6)83)70(63)46-57-24-29-61(30-25-57)85-43-40-79(8)9/h14-37,48-49H,10-13,38-47,50-53H2,1-9H3. The third kappa shape index (κ3) is 17.2. The van der Waals surface area contributed by atoms with Crippen molar-refractivity contribution < 1.29 is 42.8 Å². The Morgan fingerprint density at radius 3 is 1.26 bits per heavy atom. The molecule has 0 aromatic heterocycles. The van der Waals surface area contributed by atoms with E-state index in [9.17, 15) is 14.4 Å². The zero-order chi connectivity index (χ0) is 63.5. The minimum Gasteiger partial charge on any atom is -0.492 e. The average molecular weight is 1210 g/mol. The summed E-state index contributed by atoms with van der Waals surface area (Å²) in [6.07, 6.45) is 3.70. The van der Waals surface area contributed by atoms with Gasteiger partial charge < -0.3 is 38.2 Å². The van der Waals surface area contributed by atoms with Gasteiger partial charge in [0.1, 0.15) is 74.1 Å². The molecule has 0 saturated heterocycles. The zero-order valence-corrected chi connectivity index (χ0v) is 54.3. The van der Waals surface area contributed by atoms with Crippen molar-refractivity contribution in [3.05, 3.63) is 191 Å². The van der Waals surface area contributed by atoms with E-state index < -0.39 is 0 Å². The van der Waals surface area contributed by atoms with Crippen molar-refractivity contribution >= 4 is 49.7 Å². The van der Waals surface area contributed by atoms with E-state index in [1.54, 1.807) is 20.8 Å². The molecule has 9 aromatic rings. The van der Waals surface area contributed by atoms with Crippen molar-refractivity contribution in [2.24, 2.45) is 0 Å². The number of ketones is 3. The fraction of sp³-hybridized carbons (Fsp3) is 0.346. The number of fused-ring (bicyclic) bond motifs is 3. The predicted molar refractivity (Wildman–Crippen MR) is 366 cm³/mol. The van der Waals surface area contributed by atoms with Gasteiger partial charge >= 0.3 is 0 Å². The summed E-state index contributed by atoms with van der Waals surface area (Å²) >= 11 is 0. The van der Waals surface area contributed by atoms with Gasteiger partial charge in [0.25, 0.3) is 0 Å². The smallest absolute Gasteiger partial charge is 0.167 e. The number of benzene rings is 9. The molecule has 9 aromatic carbocycles. The first kappa shape index (κ1) is 65.9. The van der Waals surface area contributed by atoms with Crippen LogP contribution in [0.4, 0.5) is 0 Å². The molecule has 0 aliphatic heterocycles. The van der Waals surface area contributed by atoms with Gasteiger partial charge in [0.15, 0.2) is 17.3 Å². The number of hydrogen-bond donors (Lipinski definition) is 0. The lowest BCUT2D eigenvalue weighted by Gasteiger charge is -2.22. The molecule has 0 radical (unpaired) electrons. The molecular weight excluding hydrogens is 1120 g/mol. The van der Waals surface area contributed by atoms with Crippen LogP contribution < -0.4 is 28.4 Å². The van der Waals surface area contributed by atoms with Crippen molar-refractivity contribution in [1.82, 2.24) is 14.7 Å². The minimum absolute atomic E-state index is 0.0151. The molecule has 0 spiro atoms. The molecule has 9 rings (SSSR count). The summed E-state index contributed by atoms with van der Waals surface area (Å²) in [5.74, 6) is 4.13. The maximum absolute atomic E-state index is 12.7. The number of likely N-dealkylation sites (N-methyl/N-ethyl adjacent to an activating group) is 2. The summed E-state index contributed by atoms with van der Waals surface area (Å²) in [7, 11) is 4.06. The number of carbonyl (C=O) groups excluding carboxylic acids is 3. The normalized spacial score (nSPS) is 11.5. The lowest BCUT2D eigenvalue weighted by atomic mass is 9.89. The molecular formula is C78H89N3O9. The van der Waals surface area contributed by atoms with Crippen LogP contribution in [0.25, 0.3) is 54.6 Å². The Bertz CT molecular complexity index is 3900. The van der Waals surface area contributed by atoms with Gasteiger partial charge in [-0.1, -0.05) is 131 Å². The van der Waals surface area contributed by atoms with Gasteiger partial charge in [-0.05, 0) is 189 Å². The number of hydrogen-bond acceptors (Lipinski definition) is 12. The highest BCUT2D eigenvalue weighted by molar-refractivity contribution is 6.02. The molecule has 12 nitrogen and oxygen atoms in total. The highest BCUT2D eigenvalue weighted by Crippen LogP contribution is 2.44. The summed E-state index contributed by atoms with van der Waals surface area (Å²) in [4.78, 5) is 44.3. The molecule has 0 saturated carbocycles. The molecule has 470 valence electrons. The summed E-state index contributed by atoms with van der Waals surface area (Å²) in [5, 5.41) is 6.17. The molecule has 0 N–H and O–H groups in total. The summed E-state index contributed by atoms with van der Waals surface area (Å²) < 4.78 is 38.7. The van der Waals surface area contributed by atoms with Crippen LogP contribution in [0, 0.1) is 0 Å². The number of Topliss-reactive ketones (excluding diaryl/α,β-unsaturated/α-hetero) is 3. The van der Waals surface area contributed by atoms with E-state index in [0.29, 0.717) is 56.3 Å². The quantitative estimate of drug-likeness (QED) is 0.0376. The van der Waals surface area contributed by atoms with E-state index in [0.717, 1.165) is 164 Å². The van der Waals surface area contributed by atoms with E-state index in [1.807, 2.05) is 62.6 Å². The second-order valence-corrected chi connectivity index (χ2v) is 23.7. The highest BCUT2D eigenvalue weighted by atomic mass is 16.5. The van der Waals surface area contributed by atoms with Crippen molar-refractivity contribution in [3.8, 4) is 56.8 Å². The lowest BCUT2D eigenvalue weighted by molar-refractivity contribution is -0.119. The van der Waals surface area contributed by atoms with E-state index in [-0.39, 0.29) is 37.2 Å². The number of ether oxygens (including phenoxy) is 6. The molecule has 0 atom stereocenters. The molecule has 0 unspecified atom stereocenters. The SMILES string of the molecule is CCCN(CCC)CCOc1ccc(Cc2c(OCC(C)=O)ccc3ccccc23)cc1-c1cccc2c(Cc3ccc(OCCN(CC)CC)c(-c4cccc5c(Cc6ccc(OCCN(C)C)cc6)c(OCC(C)=O)ccc45)c3)c(OCC(C)=O)ccc12. The molecule has 0 bridgehead atoms. The van der Waals surface area contributed by atoms with Crippen molar-refractivity contribution in [2.45, 2.75) is 80.6 Å². The molecule has 0 amide bonds. The third-order valence-electron chi connectivity index (χ3n) is 16.4. The van der Waals surface area contributed by atoms with E-state index in [2.05, 4.69) is 152 Å². The maximum atomic E-state index is 12.7. The first-order chi connectivity index (χ1) is 43.7. The largest absolute Gasteiger partial charge is 0.492 e. The molecule has 0 fully saturated rings. The Balaban J connectivity index is 1.16. The van der Waals surface area contributed by atoms with Gasteiger partial charge in [0.05, 0.1) is 0 Å². The monoisotopic (exact) mass is 1210 g/mol. The van der Waals surface area contributed by atoms with E-state index in [1.165, 1.54) is 0 Å². The topological polar surface area (TPSA) is 116 Å². The average Bonchev–Trinajstić information content (AvgIpc) is 0.794.